The van der Waals surface area contributed by atoms with Gasteiger partial charge in [0.05, 0.1) is 0 Å². The highest BCUT2D eigenvalue weighted by atomic mass is 16.5. The summed E-state index contributed by atoms with van der Waals surface area (Å²) in [5.41, 5.74) is 1.18. The molecule has 1 aromatic rings. The minimum Gasteiger partial charge on any atom is -0.368 e. The monoisotopic (exact) mass is 304 g/mol. The van der Waals surface area contributed by atoms with Crippen molar-refractivity contribution in [2.45, 2.75) is 51.7 Å². The molecule has 1 unspecified atom stereocenters. The molecule has 5 nitrogen and oxygen atoms in total. The molecule has 1 aromatic carbocycles. The molecule has 120 valence electrons. The summed E-state index contributed by atoms with van der Waals surface area (Å²) >= 11 is 0. The van der Waals surface area contributed by atoms with E-state index in [2.05, 4.69) is 10.6 Å². The number of anilines is 1. The highest BCUT2D eigenvalue weighted by Crippen LogP contribution is 2.16. The lowest BCUT2D eigenvalue weighted by molar-refractivity contribution is -0.124. The molecule has 1 saturated heterocycles. The van der Waals surface area contributed by atoms with Gasteiger partial charge in [-0.25, -0.2) is 0 Å². The van der Waals surface area contributed by atoms with Gasteiger partial charge in [0.2, 0.25) is 0 Å². The predicted molar refractivity (Wildman–Crippen MR) is 85.9 cm³/mol. The Morgan fingerprint density at radius 3 is 2.73 bits per heavy atom. The largest absolute Gasteiger partial charge is 0.368 e. The fourth-order valence-electron chi connectivity index (χ4n) is 2.51. The number of benzene rings is 1. The number of hydrogen-bond donors (Lipinski definition) is 2. The van der Waals surface area contributed by atoms with Crippen molar-refractivity contribution in [3.05, 3.63) is 29.8 Å². The minimum atomic E-state index is -0.373. The van der Waals surface area contributed by atoms with Gasteiger partial charge in [-0.1, -0.05) is 19.9 Å². The summed E-state index contributed by atoms with van der Waals surface area (Å²) in [7, 11) is 0. The van der Waals surface area contributed by atoms with Crippen LogP contribution in [-0.2, 0) is 9.53 Å². The Morgan fingerprint density at radius 1 is 1.32 bits per heavy atom. The van der Waals surface area contributed by atoms with Crippen LogP contribution in [0.3, 0.4) is 0 Å². The van der Waals surface area contributed by atoms with Gasteiger partial charge in [0.25, 0.3) is 11.8 Å². The molecular formula is C17H24N2O3. The minimum absolute atomic E-state index is 0.109. The van der Waals surface area contributed by atoms with Crippen molar-refractivity contribution in [1.29, 1.82) is 0 Å². The lowest BCUT2D eigenvalue weighted by Gasteiger charge is -2.15. The van der Waals surface area contributed by atoms with E-state index in [1.165, 1.54) is 0 Å². The van der Waals surface area contributed by atoms with Crippen LogP contribution in [0.5, 0.6) is 0 Å². The van der Waals surface area contributed by atoms with Crippen molar-refractivity contribution in [3.8, 4) is 0 Å². The second-order valence-corrected chi connectivity index (χ2v) is 5.56. The molecule has 0 aromatic heterocycles. The molecule has 0 aliphatic carbocycles. The second-order valence-electron chi connectivity index (χ2n) is 5.56. The van der Waals surface area contributed by atoms with Crippen LogP contribution in [0.1, 0.15) is 49.9 Å². The summed E-state index contributed by atoms with van der Waals surface area (Å²) in [6.45, 7) is 4.73. The third-order valence-corrected chi connectivity index (χ3v) is 3.94. The first-order chi connectivity index (χ1) is 10.6. The van der Waals surface area contributed by atoms with Crippen LogP contribution < -0.4 is 10.6 Å². The zero-order chi connectivity index (χ0) is 15.9. The third-order valence-electron chi connectivity index (χ3n) is 3.94. The van der Waals surface area contributed by atoms with Gasteiger partial charge < -0.3 is 15.4 Å². The van der Waals surface area contributed by atoms with E-state index < -0.39 is 0 Å². The predicted octanol–water partition coefficient (Wildman–Crippen LogP) is 2.72. The first kappa shape index (κ1) is 16.5. The van der Waals surface area contributed by atoms with Gasteiger partial charge in [-0.2, -0.15) is 0 Å². The summed E-state index contributed by atoms with van der Waals surface area (Å²) < 4.78 is 5.36. The van der Waals surface area contributed by atoms with Crippen molar-refractivity contribution in [2.24, 2.45) is 0 Å². The second kappa shape index (κ2) is 7.94. The highest BCUT2D eigenvalue weighted by molar-refractivity contribution is 5.98. The van der Waals surface area contributed by atoms with Gasteiger partial charge in [-0.3, -0.25) is 9.59 Å². The van der Waals surface area contributed by atoms with Crippen LogP contribution in [0.25, 0.3) is 0 Å². The van der Waals surface area contributed by atoms with Crippen molar-refractivity contribution in [1.82, 2.24) is 5.32 Å². The van der Waals surface area contributed by atoms with Crippen molar-refractivity contribution in [2.75, 3.05) is 11.9 Å². The summed E-state index contributed by atoms with van der Waals surface area (Å²) in [5, 5.41) is 5.81. The Bertz CT molecular complexity index is 520. The average molecular weight is 304 g/mol. The molecule has 2 N–H and O–H groups in total. The first-order valence-corrected chi connectivity index (χ1v) is 7.97. The van der Waals surface area contributed by atoms with Crippen LogP contribution in [0.4, 0.5) is 5.69 Å². The van der Waals surface area contributed by atoms with E-state index in [0.717, 1.165) is 25.7 Å². The number of carbonyl (C=O) groups is 2. The topological polar surface area (TPSA) is 67.4 Å². The molecule has 2 rings (SSSR count). The molecule has 0 saturated carbocycles. The van der Waals surface area contributed by atoms with E-state index >= 15 is 0 Å². The molecule has 1 aliphatic heterocycles. The summed E-state index contributed by atoms with van der Waals surface area (Å²) in [6.07, 6.45) is 3.09. The van der Waals surface area contributed by atoms with Gasteiger partial charge in [0.15, 0.2) is 0 Å². The van der Waals surface area contributed by atoms with Crippen LogP contribution in [0.2, 0.25) is 0 Å². The molecular weight excluding hydrogens is 280 g/mol. The smallest absolute Gasteiger partial charge is 0.253 e. The number of hydrogen-bond acceptors (Lipinski definition) is 3. The van der Waals surface area contributed by atoms with Crippen LogP contribution >= 0.6 is 0 Å². The van der Waals surface area contributed by atoms with E-state index in [1.54, 1.807) is 24.3 Å². The molecule has 1 fully saturated rings. The van der Waals surface area contributed by atoms with Crippen molar-refractivity contribution >= 4 is 17.5 Å². The average Bonchev–Trinajstić information content (AvgIpc) is 3.07. The van der Waals surface area contributed by atoms with Crippen molar-refractivity contribution < 1.29 is 14.3 Å². The van der Waals surface area contributed by atoms with E-state index in [4.69, 9.17) is 4.74 Å². The maximum Gasteiger partial charge on any atom is 0.253 e. The maximum absolute atomic E-state index is 12.2. The van der Waals surface area contributed by atoms with Crippen LogP contribution in [-0.4, -0.2) is 30.6 Å². The van der Waals surface area contributed by atoms with Crippen molar-refractivity contribution in [3.63, 3.8) is 0 Å². The van der Waals surface area contributed by atoms with Gasteiger partial charge >= 0.3 is 0 Å². The zero-order valence-corrected chi connectivity index (χ0v) is 13.2. The molecule has 1 aliphatic rings. The first-order valence-electron chi connectivity index (χ1n) is 7.97. The fraction of sp³-hybridized carbons (Fsp3) is 0.529. The number of rotatable bonds is 6. The van der Waals surface area contributed by atoms with Crippen LogP contribution in [0, 0.1) is 0 Å². The Morgan fingerprint density at radius 2 is 2.09 bits per heavy atom. The number of ether oxygens (including phenoxy) is 1. The van der Waals surface area contributed by atoms with E-state index in [1.807, 2.05) is 13.8 Å². The van der Waals surface area contributed by atoms with E-state index in [-0.39, 0.29) is 24.0 Å². The molecule has 22 heavy (non-hydrogen) atoms. The Hall–Kier alpha value is -1.88. The van der Waals surface area contributed by atoms with Gasteiger partial charge in [0.1, 0.15) is 6.10 Å². The number of carbonyl (C=O) groups excluding carboxylic acids is 2. The molecule has 0 bridgehead atoms. The zero-order valence-electron chi connectivity index (χ0n) is 13.2. The van der Waals surface area contributed by atoms with Gasteiger partial charge in [0, 0.05) is 23.9 Å². The molecule has 0 spiro atoms. The Labute approximate surface area is 131 Å². The lowest BCUT2D eigenvalue weighted by Crippen LogP contribution is -2.33. The highest BCUT2D eigenvalue weighted by Gasteiger charge is 2.23. The molecule has 2 amide bonds. The van der Waals surface area contributed by atoms with E-state index in [0.29, 0.717) is 17.9 Å². The van der Waals surface area contributed by atoms with Crippen LogP contribution in [0.15, 0.2) is 24.3 Å². The standard InChI is InChI=1S/C17H24N2O3/c1-3-13(4-2)18-16(20)12-7-5-8-14(11-12)19-17(21)15-9-6-10-22-15/h5,7-8,11,13,15H,3-4,6,9-10H2,1-2H3,(H,18,20)(H,19,21). The Balaban J connectivity index is 1.99. The fourth-order valence-corrected chi connectivity index (χ4v) is 2.51. The summed E-state index contributed by atoms with van der Waals surface area (Å²) in [6, 6.07) is 7.18. The Kier molecular flexibility index (Phi) is 5.95. The quantitative estimate of drug-likeness (QED) is 0.849. The van der Waals surface area contributed by atoms with E-state index in [9.17, 15) is 9.59 Å². The summed E-state index contributed by atoms with van der Waals surface area (Å²) in [4.78, 5) is 24.2. The molecule has 5 heteroatoms. The maximum atomic E-state index is 12.2. The lowest BCUT2D eigenvalue weighted by atomic mass is 10.1. The SMILES string of the molecule is CCC(CC)NC(=O)c1cccc(NC(=O)C2CCCO2)c1. The third kappa shape index (κ3) is 4.31. The normalized spacial score (nSPS) is 17.5. The molecule has 1 atom stereocenters. The number of nitrogens with one attached hydrogen (secondary N) is 2. The molecule has 1 heterocycles. The number of amides is 2. The molecule has 0 radical (unpaired) electrons. The van der Waals surface area contributed by atoms with Gasteiger partial charge in [-0.15, -0.1) is 0 Å². The summed E-state index contributed by atoms with van der Waals surface area (Å²) in [5.74, 6) is -0.253. The van der Waals surface area contributed by atoms with Gasteiger partial charge in [-0.05, 0) is 43.9 Å².